The van der Waals surface area contributed by atoms with Gasteiger partial charge in [0.25, 0.3) is 0 Å². The number of nitrogens with one attached hydrogen (secondary N) is 1. The summed E-state index contributed by atoms with van der Waals surface area (Å²) in [5.74, 6) is 3.21. The number of pyridine rings is 1. The first kappa shape index (κ1) is 14.6. The van der Waals surface area contributed by atoms with E-state index >= 15 is 0 Å². The van der Waals surface area contributed by atoms with Gasteiger partial charge in [-0.2, -0.15) is 11.8 Å². The van der Waals surface area contributed by atoms with Crippen LogP contribution in [0.4, 0.5) is 0 Å². The van der Waals surface area contributed by atoms with Crippen LogP contribution < -0.4 is 10.1 Å². The van der Waals surface area contributed by atoms with Crippen LogP contribution in [-0.2, 0) is 0 Å². The number of aromatic nitrogens is 1. The Morgan fingerprint density at radius 3 is 3.11 bits per heavy atom. The molecule has 0 radical (unpaired) electrons. The standard InChI is InChI=1S/C14H23N3OS/c1-4-16-14(13-10-19-6-5-17(13)2)11-7-12(18-3)9-15-8-11/h7-9,13-14,16H,4-6,10H2,1-3H3. The summed E-state index contributed by atoms with van der Waals surface area (Å²) in [6, 6.07) is 2.91. The lowest BCUT2D eigenvalue weighted by Crippen LogP contribution is -2.47. The van der Waals surface area contributed by atoms with Crippen LogP contribution in [0.15, 0.2) is 18.5 Å². The van der Waals surface area contributed by atoms with Gasteiger partial charge in [0.15, 0.2) is 0 Å². The van der Waals surface area contributed by atoms with Gasteiger partial charge < -0.3 is 10.1 Å². The lowest BCUT2D eigenvalue weighted by atomic mass is 10.0. The second-order valence-corrected chi connectivity index (χ2v) is 5.97. The molecule has 2 heterocycles. The van der Waals surface area contributed by atoms with Crippen molar-refractivity contribution in [3.8, 4) is 5.75 Å². The molecule has 19 heavy (non-hydrogen) atoms. The molecule has 2 atom stereocenters. The highest BCUT2D eigenvalue weighted by molar-refractivity contribution is 7.99. The van der Waals surface area contributed by atoms with Crippen molar-refractivity contribution in [2.45, 2.75) is 19.0 Å². The predicted octanol–water partition coefficient (Wildman–Crippen LogP) is 1.79. The first-order chi connectivity index (χ1) is 9.26. The fourth-order valence-electron chi connectivity index (χ4n) is 2.47. The summed E-state index contributed by atoms with van der Waals surface area (Å²) in [5.41, 5.74) is 1.21. The Morgan fingerprint density at radius 2 is 2.42 bits per heavy atom. The Kier molecular flexibility index (Phi) is 5.48. The summed E-state index contributed by atoms with van der Waals surface area (Å²) in [6.07, 6.45) is 3.70. The highest BCUT2D eigenvalue weighted by Crippen LogP contribution is 2.28. The number of hydrogen-bond donors (Lipinski definition) is 1. The molecule has 0 aliphatic carbocycles. The number of methoxy groups -OCH3 is 1. The molecule has 2 unspecified atom stereocenters. The van der Waals surface area contributed by atoms with Crippen LogP contribution in [0, 0.1) is 0 Å². The van der Waals surface area contributed by atoms with Crippen LogP contribution >= 0.6 is 11.8 Å². The highest BCUT2D eigenvalue weighted by Gasteiger charge is 2.29. The van der Waals surface area contributed by atoms with Crippen molar-refractivity contribution in [3.63, 3.8) is 0 Å². The van der Waals surface area contributed by atoms with E-state index in [1.54, 1.807) is 13.3 Å². The number of likely N-dealkylation sites (N-methyl/N-ethyl adjacent to an activating group) is 2. The van der Waals surface area contributed by atoms with Gasteiger partial charge in [0.1, 0.15) is 5.75 Å². The van der Waals surface area contributed by atoms with Crippen molar-refractivity contribution >= 4 is 11.8 Å². The molecule has 0 bridgehead atoms. The molecule has 0 aromatic carbocycles. The zero-order chi connectivity index (χ0) is 13.7. The molecule has 1 fully saturated rings. The third kappa shape index (κ3) is 3.61. The lowest BCUT2D eigenvalue weighted by molar-refractivity contribution is 0.216. The number of thioether (sulfide) groups is 1. The summed E-state index contributed by atoms with van der Waals surface area (Å²) in [7, 11) is 3.90. The number of rotatable bonds is 5. The van der Waals surface area contributed by atoms with Crippen LogP contribution in [0.3, 0.4) is 0 Å². The maximum Gasteiger partial charge on any atom is 0.137 e. The van der Waals surface area contributed by atoms with Crippen molar-refractivity contribution in [2.75, 3.05) is 38.8 Å². The van der Waals surface area contributed by atoms with Crippen molar-refractivity contribution < 1.29 is 4.74 Å². The number of nitrogens with zero attached hydrogens (tertiary/aromatic N) is 2. The third-order valence-electron chi connectivity index (χ3n) is 3.58. The molecule has 106 valence electrons. The molecule has 0 spiro atoms. The summed E-state index contributed by atoms with van der Waals surface area (Å²) < 4.78 is 5.29. The minimum atomic E-state index is 0.311. The molecule has 0 amide bonds. The van der Waals surface area contributed by atoms with E-state index in [9.17, 15) is 0 Å². The molecule has 0 saturated carbocycles. The second-order valence-electron chi connectivity index (χ2n) is 4.82. The minimum absolute atomic E-state index is 0.311. The van der Waals surface area contributed by atoms with E-state index in [1.165, 1.54) is 11.3 Å². The lowest BCUT2D eigenvalue weighted by Gasteiger charge is -2.38. The Balaban J connectivity index is 2.22. The largest absolute Gasteiger partial charge is 0.495 e. The quantitative estimate of drug-likeness (QED) is 0.890. The third-order valence-corrected chi connectivity index (χ3v) is 4.63. The van der Waals surface area contributed by atoms with Gasteiger partial charge in [0.2, 0.25) is 0 Å². The smallest absolute Gasteiger partial charge is 0.137 e. The van der Waals surface area contributed by atoms with E-state index in [0.29, 0.717) is 12.1 Å². The van der Waals surface area contributed by atoms with E-state index in [0.717, 1.165) is 24.6 Å². The Morgan fingerprint density at radius 1 is 1.58 bits per heavy atom. The van der Waals surface area contributed by atoms with Gasteiger partial charge in [0.05, 0.1) is 19.3 Å². The molecular weight excluding hydrogens is 258 g/mol. The molecule has 1 aromatic rings. The molecule has 1 N–H and O–H groups in total. The highest BCUT2D eigenvalue weighted by atomic mass is 32.2. The van der Waals surface area contributed by atoms with E-state index in [2.05, 4.69) is 35.2 Å². The normalized spacial score (nSPS) is 22.2. The number of ether oxygens (including phenoxy) is 1. The molecule has 4 nitrogen and oxygen atoms in total. The van der Waals surface area contributed by atoms with Crippen LogP contribution in [-0.4, -0.2) is 54.7 Å². The second kappa shape index (κ2) is 7.12. The first-order valence-electron chi connectivity index (χ1n) is 6.76. The molecule has 1 aromatic heterocycles. The van der Waals surface area contributed by atoms with Gasteiger partial charge in [-0.05, 0) is 25.2 Å². The van der Waals surface area contributed by atoms with Crippen LogP contribution in [0.1, 0.15) is 18.5 Å². The molecule has 1 saturated heterocycles. The molecule has 2 rings (SSSR count). The fraction of sp³-hybridized carbons (Fsp3) is 0.643. The Bertz CT molecular complexity index is 402. The van der Waals surface area contributed by atoms with Crippen LogP contribution in [0.2, 0.25) is 0 Å². The molecular formula is C14H23N3OS. The maximum absolute atomic E-state index is 5.29. The van der Waals surface area contributed by atoms with Crippen molar-refractivity contribution in [1.29, 1.82) is 0 Å². The minimum Gasteiger partial charge on any atom is -0.495 e. The topological polar surface area (TPSA) is 37.4 Å². The van der Waals surface area contributed by atoms with Crippen LogP contribution in [0.5, 0.6) is 5.75 Å². The summed E-state index contributed by atoms with van der Waals surface area (Å²) in [6.45, 7) is 4.25. The zero-order valence-electron chi connectivity index (χ0n) is 11.9. The van der Waals surface area contributed by atoms with Gasteiger partial charge >= 0.3 is 0 Å². The molecule has 5 heteroatoms. The summed E-state index contributed by atoms with van der Waals surface area (Å²) in [5, 5.41) is 3.60. The van der Waals surface area contributed by atoms with Crippen LogP contribution in [0.25, 0.3) is 0 Å². The molecule has 1 aliphatic heterocycles. The first-order valence-corrected chi connectivity index (χ1v) is 7.92. The van der Waals surface area contributed by atoms with Gasteiger partial charge in [-0.1, -0.05) is 6.92 Å². The van der Waals surface area contributed by atoms with E-state index in [1.807, 2.05) is 18.0 Å². The zero-order valence-corrected chi connectivity index (χ0v) is 12.7. The number of hydrogen-bond acceptors (Lipinski definition) is 5. The average molecular weight is 281 g/mol. The fourth-order valence-corrected chi connectivity index (χ4v) is 3.74. The van der Waals surface area contributed by atoms with E-state index in [4.69, 9.17) is 4.74 Å². The van der Waals surface area contributed by atoms with Crippen molar-refractivity contribution in [2.24, 2.45) is 0 Å². The van der Waals surface area contributed by atoms with Gasteiger partial charge in [-0.3, -0.25) is 9.88 Å². The van der Waals surface area contributed by atoms with Crippen molar-refractivity contribution in [3.05, 3.63) is 24.0 Å². The predicted molar refractivity (Wildman–Crippen MR) is 80.9 cm³/mol. The average Bonchev–Trinajstić information content (AvgIpc) is 2.46. The maximum atomic E-state index is 5.29. The molecule has 1 aliphatic rings. The van der Waals surface area contributed by atoms with E-state index in [-0.39, 0.29) is 0 Å². The van der Waals surface area contributed by atoms with Crippen molar-refractivity contribution in [1.82, 2.24) is 15.2 Å². The Labute approximate surface area is 119 Å². The summed E-state index contributed by atoms with van der Waals surface area (Å²) in [4.78, 5) is 6.74. The summed E-state index contributed by atoms with van der Waals surface area (Å²) >= 11 is 2.03. The van der Waals surface area contributed by atoms with Gasteiger partial charge in [0, 0.05) is 30.3 Å². The SMILES string of the molecule is CCNC(c1cncc(OC)c1)C1CSCCN1C. The Hall–Kier alpha value is -0.780. The van der Waals surface area contributed by atoms with Gasteiger partial charge in [-0.15, -0.1) is 0 Å². The monoisotopic (exact) mass is 281 g/mol. The van der Waals surface area contributed by atoms with E-state index < -0.39 is 0 Å². The van der Waals surface area contributed by atoms with Gasteiger partial charge in [-0.25, -0.2) is 0 Å².